The van der Waals surface area contributed by atoms with E-state index in [-0.39, 0.29) is 0 Å². The van der Waals surface area contributed by atoms with Gasteiger partial charge in [0, 0.05) is 36.9 Å². The van der Waals surface area contributed by atoms with Gasteiger partial charge in [-0.1, -0.05) is 164 Å². The quantitative estimate of drug-likeness (QED) is 0.184. The molecule has 1 atom stereocenters. The van der Waals surface area contributed by atoms with E-state index in [4.69, 9.17) is 15.0 Å². The predicted molar refractivity (Wildman–Crippen MR) is 223 cm³/mol. The van der Waals surface area contributed by atoms with Crippen LogP contribution in [0.2, 0.25) is 0 Å². The van der Waals surface area contributed by atoms with Crippen molar-refractivity contribution in [3.63, 3.8) is 0 Å². The number of rotatable bonds is 3. The third kappa shape index (κ3) is 3.92. The summed E-state index contributed by atoms with van der Waals surface area (Å²) in [4.78, 5) is 15.9. The second kappa shape index (κ2) is 11.1. The number of fused-ring (bicyclic) bond motifs is 12. The summed E-state index contributed by atoms with van der Waals surface area (Å²) in [6.07, 6.45) is 0. The molecule has 0 aliphatic heterocycles. The first-order valence-corrected chi connectivity index (χ1v) is 19.2. The van der Waals surface area contributed by atoms with Gasteiger partial charge in [-0.3, -0.25) is 0 Å². The van der Waals surface area contributed by atoms with Crippen molar-refractivity contribution in [3.8, 4) is 56.4 Å². The molecular weight excluding hydrogens is 675 g/mol. The molecule has 12 rings (SSSR count). The summed E-state index contributed by atoms with van der Waals surface area (Å²) in [6, 6.07) is 63.6. The molecule has 0 amide bonds. The Bertz CT molecular complexity index is 3170. The van der Waals surface area contributed by atoms with E-state index in [2.05, 4.69) is 158 Å². The van der Waals surface area contributed by atoms with Gasteiger partial charge in [-0.2, -0.15) is 0 Å². The van der Waals surface area contributed by atoms with Gasteiger partial charge in [0.15, 0.2) is 17.5 Å². The first kappa shape index (κ1) is 29.8. The zero-order chi connectivity index (χ0) is 35.4. The number of thiophene rings is 1. The van der Waals surface area contributed by atoms with Crippen molar-refractivity contribution >= 4 is 42.3 Å². The molecule has 3 nitrogen and oxygen atoms in total. The van der Waals surface area contributed by atoms with E-state index in [1.165, 1.54) is 75.5 Å². The standard InChI is InChI=1S/C50H29N3S/c1-2-14-31(15-3-1)47-51-48(53-49(52-47)38-24-12-22-35-33-19-6-9-29-43(33)54-46(35)38)37-23-13-28-42-45(37)36-20-5-8-26-40(36)50(42)39-25-7-4-18-32(39)34-21-10-16-30-17-11-27-41(50)44(30)34/h1-29H. The fourth-order valence-corrected chi connectivity index (χ4v) is 10.6. The molecule has 8 aromatic carbocycles. The van der Waals surface area contributed by atoms with Crippen molar-refractivity contribution in [3.05, 3.63) is 198 Å². The highest BCUT2D eigenvalue weighted by Crippen LogP contribution is 2.63. The van der Waals surface area contributed by atoms with E-state index >= 15 is 0 Å². The smallest absolute Gasteiger partial charge is 0.165 e. The van der Waals surface area contributed by atoms with Gasteiger partial charge in [0.1, 0.15) is 0 Å². The summed E-state index contributed by atoms with van der Waals surface area (Å²) in [5, 5.41) is 5.05. The Kier molecular flexibility index (Phi) is 6.14. The van der Waals surface area contributed by atoms with Crippen LogP contribution in [0, 0.1) is 0 Å². The minimum Gasteiger partial charge on any atom is -0.208 e. The van der Waals surface area contributed by atoms with Crippen molar-refractivity contribution in [2.45, 2.75) is 5.41 Å². The van der Waals surface area contributed by atoms with Gasteiger partial charge in [-0.25, -0.2) is 15.0 Å². The maximum Gasteiger partial charge on any atom is 0.165 e. The highest BCUT2D eigenvalue weighted by molar-refractivity contribution is 7.26. The highest BCUT2D eigenvalue weighted by atomic mass is 32.1. The minimum absolute atomic E-state index is 0.521. The Morgan fingerprint density at radius 2 is 0.926 bits per heavy atom. The molecule has 0 fully saturated rings. The number of nitrogens with zero attached hydrogens (tertiary/aromatic N) is 3. The van der Waals surface area contributed by atoms with Crippen molar-refractivity contribution in [2.24, 2.45) is 0 Å². The molecule has 2 aliphatic carbocycles. The van der Waals surface area contributed by atoms with E-state index in [1.807, 2.05) is 18.2 Å². The third-order valence-corrected chi connectivity index (χ3v) is 12.8. The van der Waals surface area contributed by atoms with Gasteiger partial charge in [-0.15, -0.1) is 11.3 Å². The second-order valence-electron chi connectivity index (χ2n) is 14.2. The number of hydrogen-bond acceptors (Lipinski definition) is 4. The fraction of sp³-hybridized carbons (Fsp3) is 0.0200. The molecule has 0 saturated carbocycles. The van der Waals surface area contributed by atoms with Crippen molar-refractivity contribution in [1.82, 2.24) is 15.0 Å². The number of hydrogen-bond donors (Lipinski definition) is 0. The predicted octanol–water partition coefficient (Wildman–Crippen LogP) is 12.7. The highest BCUT2D eigenvalue weighted by Gasteiger charge is 2.50. The molecule has 54 heavy (non-hydrogen) atoms. The van der Waals surface area contributed by atoms with Gasteiger partial charge in [-0.05, 0) is 67.4 Å². The third-order valence-electron chi connectivity index (χ3n) is 11.6. The van der Waals surface area contributed by atoms with Gasteiger partial charge >= 0.3 is 0 Å². The second-order valence-corrected chi connectivity index (χ2v) is 15.3. The van der Waals surface area contributed by atoms with Gasteiger partial charge in [0.25, 0.3) is 0 Å². The van der Waals surface area contributed by atoms with Crippen molar-refractivity contribution in [2.75, 3.05) is 0 Å². The normalized spacial score (nSPS) is 15.1. The minimum atomic E-state index is -0.521. The van der Waals surface area contributed by atoms with Crippen LogP contribution in [-0.4, -0.2) is 15.0 Å². The van der Waals surface area contributed by atoms with Crippen LogP contribution in [0.3, 0.4) is 0 Å². The van der Waals surface area contributed by atoms with E-state index in [9.17, 15) is 0 Å². The molecule has 1 unspecified atom stereocenters. The fourth-order valence-electron chi connectivity index (χ4n) is 9.42. The van der Waals surface area contributed by atoms with Crippen LogP contribution in [0.25, 0.3) is 87.4 Å². The number of benzene rings is 8. The van der Waals surface area contributed by atoms with E-state index in [0.29, 0.717) is 17.5 Å². The zero-order valence-electron chi connectivity index (χ0n) is 29.0. The molecule has 0 saturated heterocycles. The molecule has 0 radical (unpaired) electrons. The molecule has 2 heterocycles. The van der Waals surface area contributed by atoms with Crippen LogP contribution in [0.1, 0.15) is 22.3 Å². The van der Waals surface area contributed by atoms with Crippen LogP contribution in [0.4, 0.5) is 0 Å². The van der Waals surface area contributed by atoms with Gasteiger partial charge < -0.3 is 0 Å². The van der Waals surface area contributed by atoms with Gasteiger partial charge in [0.05, 0.1) is 5.41 Å². The Morgan fingerprint density at radius 1 is 0.370 bits per heavy atom. The molecule has 10 aromatic rings. The Morgan fingerprint density at radius 3 is 1.80 bits per heavy atom. The lowest BCUT2D eigenvalue weighted by molar-refractivity contribution is 0.773. The zero-order valence-corrected chi connectivity index (χ0v) is 29.8. The van der Waals surface area contributed by atoms with E-state index < -0.39 is 5.41 Å². The first-order valence-electron chi connectivity index (χ1n) is 18.4. The van der Waals surface area contributed by atoms with Crippen LogP contribution < -0.4 is 0 Å². The maximum atomic E-state index is 5.41. The molecule has 0 bridgehead atoms. The van der Waals surface area contributed by atoms with Crippen LogP contribution in [0.15, 0.2) is 176 Å². The molecule has 2 aliphatic rings. The number of aromatic nitrogens is 3. The van der Waals surface area contributed by atoms with Crippen LogP contribution in [-0.2, 0) is 5.41 Å². The molecule has 2 aromatic heterocycles. The molecule has 250 valence electrons. The van der Waals surface area contributed by atoms with Crippen LogP contribution >= 0.6 is 11.3 Å². The lowest BCUT2D eigenvalue weighted by Crippen LogP contribution is -2.31. The van der Waals surface area contributed by atoms with Gasteiger partial charge in [0.2, 0.25) is 0 Å². The Balaban J connectivity index is 1.18. The summed E-state index contributed by atoms with van der Waals surface area (Å²) in [5.74, 6) is 2.01. The average Bonchev–Trinajstić information content (AvgIpc) is 3.77. The summed E-state index contributed by atoms with van der Waals surface area (Å²) >= 11 is 1.80. The topological polar surface area (TPSA) is 38.7 Å². The first-order chi connectivity index (χ1) is 26.8. The summed E-state index contributed by atoms with van der Waals surface area (Å²) in [5.41, 5.74) is 12.6. The SMILES string of the molecule is c1ccc(-c2nc(-c3cccc4c3-c3ccccc3C43c4ccccc4-c4cccc5cccc3c45)nc(-c3cccc4c3sc3ccccc34)n2)cc1. The molecule has 0 N–H and O–H groups in total. The van der Waals surface area contributed by atoms with E-state index in [0.717, 1.165) is 16.7 Å². The lowest BCUT2D eigenvalue weighted by Gasteiger charge is -2.40. The van der Waals surface area contributed by atoms with Crippen LogP contribution in [0.5, 0.6) is 0 Å². The summed E-state index contributed by atoms with van der Waals surface area (Å²) < 4.78 is 2.44. The van der Waals surface area contributed by atoms with E-state index in [1.54, 1.807) is 11.3 Å². The van der Waals surface area contributed by atoms with Crippen molar-refractivity contribution in [1.29, 1.82) is 0 Å². The largest absolute Gasteiger partial charge is 0.208 e. The monoisotopic (exact) mass is 703 g/mol. The molecule has 1 spiro atoms. The summed E-state index contributed by atoms with van der Waals surface area (Å²) in [6.45, 7) is 0. The maximum absolute atomic E-state index is 5.41. The average molecular weight is 704 g/mol. The summed E-state index contributed by atoms with van der Waals surface area (Å²) in [7, 11) is 0. The molecule has 4 heteroatoms. The van der Waals surface area contributed by atoms with Crippen molar-refractivity contribution < 1.29 is 0 Å². The lowest BCUT2D eigenvalue weighted by atomic mass is 9.61. The Labute approximate surface area is 315 Å². The molecular formula is C50H29N3S. The Hall–Kier alpha value is -6.75.